The SMILES string of the molecule is C=CCC(Br)c1cc(C#N)ccc1OC. The summed E-state index contributed by atoms with van der Waals surface area (Å²) in [4.78, 5) is 0.137. The maximum absolute atomic E-state index is 8.81. The fourth-order valence-electron chi connectivity index (χ4n) is 1.32. The largest absolute Gasteiger partial charge is 0.496 e. The third-order valence-corrected chi connectivity index (χ3v) is 2.94. The van der Waals surface area contributed by atoms with Gasteiger partial charge in [-0.2, -0.15) is 5.26 Å². The fourth-order valence-corrected chi connectivity index (χ4v) is 1.94. The molecule has 0 bridgehead atoms. The molecule has 3 heteroatoms. The molecule has 0 aromatic heterocycles. The minimum atomic E-state index is 0.137. The maximum Gasteiger partial charge on any atom is 0.123 e. The van der Waals surface area contributed by atoms with Crippen LogP contribution in [0.15, 0.2) is 30.9 Å². The van der Waals surface area contributed by atoms with Gasteiger partial charge >= 0.3 is 0 Å². The van der Waals surface area contributed by atoms with E-state index in [0.29, 0.717) is 5.56 Å². The number of methoxy groups -OCH3 is 1. The Morgan fingerprint density at radius 3 is 2.93 bits per heavy atom. The van der Waals surface area contributed by atoms with Crippen LogP contribution in [0.2, 0.25) is 0 Å². The van der Waals surface area contributed by atoms with Crippen LogP contribution in [0.3, 0.4) is 0 Å². The van der Waals surface area contributed by atoms with Gasteiger partial charge < -0.3 is 4.74 Å². The van der Waals surface area contributed by atoms with E-state index >= 15 is 0 Å². The second-order valence-corrected chi connectivity index (χ2v) is 4.17. The molecule has 0 fully saturated rings. The molecule has 0 aliphatic rings. The van der Waals surface area contributed by atoms with Crippen molar-refractivity contribution in [2.75, 3.05) is 7.11 Å². The first kappa shape index (κ1) is 11.8. The molecular weight excluding hydrogens is 254 g/mol. The topological polar surface area (TPSA) is 33.0 Å². The van der Waals surface area contributed by atoms with Gasteiger partial charge in [-0.1, -0.05) is 22.0 Å². The molecule has 0 radical (unpaired) electrons. The summed E-state index contributed by atoms with van der Waals surface area (Å²) < 4.78 is 5.24. The van der Waals surface area contributed by atoms with E-state index in [4.69, 9.17) is 10.00 Å². The lowest BCUT2D eigenvalue weighted by Gasteiger charge is -2.12. The second kappa shape index (κ2) is 5.57. The lowest BCUT2D eigenvalue weighted by Crippen LogP contribution is -1.95. The van der Waals surface area contributed by atoms with Crippen LogP contribution in [0.5, 0.6) is 5.75 Å². The number of hydrogen-bond donors (Lipinski definition) is 0. The van der Waals surface area contributed by atoms with Crippen molar-refractivity contribution in [3.8, 4) is 11.8 Å². The lowest BCUT2D eigenvalue weighted by molar-refractivity contribution is 0.409. The molecule has 2 nitrogen and oxygen atoms in total. The quantitative estimate of drug-likeness (QED) is 0.616. The highest BCUT2D eigenvalue weighted by Crippen LogP contribution is 2.34. The third-order valence-electron chi connectivity index (χ3n) is 2.07. The minimum absolute atomic E-state index is 0.137. The molecule has 0 saturated carbocycles. The highest BCUT2D eigenvalue weighted by Gasteiger charge is 2.12. The molecule has 15 heavy (non-hydrogen) atoms. The van der Waals surface area contributed by atoms with Crippen LogP contribution in [0.1, 0.15) is 22.4 Å². The Kier molecular flexibility index (Phi) is 4.38. The summed E-state index contributed by atoms with van der Waals surface area (Å²) in [7, 11) is 1.62. The average Bonchev–Trinajstić information content (AvgIpc) is 2.28. The van der Waals surface area contributed by atoms with Crippen molar-refractivity contribution in [1.82, 2.24) is 0 Å². The Bertz CT molecular complexity index is 395. The average molecular weight is 266 g/mol. The van der Waals surface area contributed by atoms with Crippen molar-refractivity contribution in [1.29, 1.82) is 5.26 Å². The van der Waals surface area contributed by atoms with E-state index in [9.17, 15) is 0 Å². The molecule has 1 atom stereocenters. The van der Waals surface area contributed by atoms with E-state index in [2.05, 4.69) is 28.6 Å². The van der Waals surface area contributed by atoms with Crippen molar-refractivity contribution in [3.63, 3.8) is 0 Å². The Balaban J connectivity index is 3.12. The molecule has 0 aliphatic carbocycles. The van der Waals surface area contributed by atoms with E-state index in [1.807, 2.05) is 18.2 Å². The number of halogens is 1. The molecule has 1 aromatic rings. The summed E-state index contributed by atoms with van der Waals surface area (Å²) in [6.07, 6.45) is 2.63. The first-order chi connectivity index (χ1) is 7.22. The van der Waals surface area contributed by atoms with E-state index in [1.54, 1.807) is 13.2 Å². The first-order valence-electron chi connectivity index (χ1n) is 4.56. The van der Waals surface area contributed by atoms with E-state index in [1.165, 1.54) is 0 Å². The van der Waals surface area contributed by atoms with Gasteiger partial charge in [0.05, 0.1) is 18.7 Å². The molecule has 78 valence electrons. The van der Waals surface area contributed by atoms with Crippen molar-refractivity contribution in [3.05, 3.63) is 42.0 Å². The second-order valence-electron chi connectivity index (χ2n) is 3.06. The zero-order chi connectivity index (χ0) is 11.3. The van der Waals surface area contributed by atoms with E-state index < -0.39 is 0 Å². The molecule has 0 aliphatic heterocycles. The van der Waals surface area contributed by atoms with E-state index in [-0.39, 0.29) is 4.83 Å². The minimum Gasteiger partial charge on any atom is -0.496 e. The number of ether oxygens (including phenoxy) is 1. The van der Waals surface area contributed by atoms with Crippen molar-refractivity contribution in [2.45, 2.75) is 11.2 Å². The molecule has 1 unspecified atom stereocenters. The normalized spacial score (nSPS) is 11.5. The molecule has 0 heterocycles. The first-order valence-corrected chi connectivity index (χ1v) is 5.47. The Labute approximate surface area is 98.3 Å². The van der Waals surface area contributed by atoms with Gasteiger partial charge in [-0.15, -0.1) is 6.58 Å². The van der Waals surface area contributed by atoms with Crippen LogP contribution in [0.25, 0.3) is 0 Å². The van der Waals surface area contributed by atoms with E-state index in [0.717, 1.165) is 17.7 Å². The Hall–Kier alpha value is -1.27. The Morgan fingerprint density at radius 1 is 1.67 bits per heavy atom. The van der Waals surface area contributed by atoms with Crippen molar-refractivity contribution >= 4 is 15.9 Å². The van der Waals surface area contributed by atoms with Gasteiger partial charge in [0.1, 0.15) is 5.75 Å². The van der Waals surface area contributed by atoms with Gasteiger partial charge in [0.25, 0.3) is 0 Å². The highest BCUT2D eigenvalue weighted by molar-refractivity contribution is 9.09. The highest BCUT2D eigenvalue weighted by atomic mass is 79.9. The predicted octanol–water partition coefficient (Wildman–Crippen LogP) is 3.58. The number of nitrogens with zero attached hydrogens (tertiary/aromatic N) is 1. The van der Waals surface area contributed by atoms with Gasteiger partial charge in [-0.25, -0.2) is 0 Å². The number of nitriles is 1. The third kappa shape index (κ3) is 2.84. The van der Waals surface area contributed by atoms with Gasteiger partial charge in [0, 0.05) is 10.4 Å². The molecule has 0 N–H and O–H groups in total. The maximum atomic E-state index is 8.81. The summed E-state index contributed by atoms with van der Waals surface area (Å²) in [5, 5.41) is 8.81. The monoisotopic (exact) mass is 265 g/mol. The van der Waals surface area contributed by atoms with Crippen LogP contribution in [-0.2, 0) is 0 Å². The Morgan fingerprint density at radius 2 is 2.40 bits per heavy atom. The lowest BCUT2D eigenvalue weighted by atomic mass is 10.1. The summed E-state index contributed by atoms with van der Waals surface area (Å²) in [5.41, 5.74) is 1.62. The van der Waals surface area contributed by atoms with Crippen LogP contribution >= 0.6 is 15.9 Å². The van der Waals surface area contributed by atoms with Gasteiger partial charge in [-0.3, -0.25) is 0 Å². The van der Waals surface area contributed by atoms with Gasteiger partial charge in [0.2, 0.25) is 0 Å². The number of rotatable bonds is 4. The van der Waals surface area contributed by atoms with Crippen LogP contribution in [-0.4, -0.2) is 7.11 Å². The fraction of sp³-hybridized carbons (Fsp3) is 0.250. The molecule has 1 rings (SSSR count). The molecular formula is C12H12BrNO. The van der Waals surface area contributed by atoms with Crippen molar-refractivity contribution < 1.29 is 4.74 Å². The van der Waals surface area contributed by atoms with Gasteiger partial charge in [0.15, 0.2) is 0 Å². The number of benzene rings is 1. The number of alkyl halides is 1. The van der Waals surface area contributed by atoms with Crippen LogP contribution < -0.4 is 4.74 Å². The summed E-state index contributed by atoms with van der Waals surface area (Å²) in [5.74, 6) is 0.790. The zero-order valence-electron chi connectivity index (χ0n) is 8.53. The molecule has 0 saturated heterocycles. The summed E-state index contributed by atoms with van der Waals surface area (Å²) in [6, 6.07) is 7.51. The zero-order valence-corrected chi connectivity index (χ0v) is 10.1. The van der Waals surface area contributed by atoms with Crippen LogP contribution in [0.4, 0.5) is 0 Å². The summed E-state index contributed by atoms with van der Waals surface area (Å²) in [6.45, 7) is 3.69. The smallest absolute Gasteiger partial charge is 0.123 e. The van der Waals surface area contributed by atoms with Crippen LogP contribution in [0, 0.1) is 11.3 Å². The van der Waals surface area contributed by atoms with Gasteiger partial charge in [-0.05, 0) is 24.6 Å². The predicted molar refractivity (Wildman–Crippen MR) is 64.2 cm³/mol. The number of allylic oxidation sites excluding steroid dienone is 1. The molecule has 0 amide bonds. The standard InChI is InChI=1S/C12H12BrNO/c1-3-4-11(13)10-7-9(8-14)5-6-12(10)15-2/h3,5-7,11H,1,4H2,2H3. The molecule has 1 aromatic carbocycles. The number of hydrogen-bond acceptors (Lipinski definition) is 2. The van der Waals surface area contributed by atoms with Crippen molar-refractivity contribution in [2.24, 2.45) is 0 Å². The molecule has 0 spiro atoms. The summed E-state index contributed by atoms with van der Waals surface area (Å²) >= 11 is 3.54.